The number of rotatable bonds is 6. The minimum atomic E-state index is -0.127. The van der Waals surface area contributed by atoms with Crippen molar-refractivity contribution < 1.29 is 14.0 Å². The summed E-state index contributed by atoms with van der Waals surface area (Å²) in [6.45, 7) is 3.91. The number of likely N-dealkylation sites (tertiary alicyclic amines) is 1. The van der Waals surface area contributed by atoms with Gasteiger partial charge in [0.25, 0.3) is 11.8 Å². The first-order valence-electron chi connectivity index (χ1n) is 10.9. The third-order valence-corrected chi connectivity index (χ3v) is 5.94. The van der Waals surface area contributed by atoms with E-state index < -0.39 is 0 Å². The molecule has 0 radical (unpaired) electrons. The molecule has 2 aromatic carbocycles. The number of nitrogens with zero attached hydrogens (tertiary/aromatic N) is 1. The van der Waals surface area contributed by atoms with Crippen molar-refractivity contribution in [3.05, 3.63) is 94.9 Å². The fourth-order valence-corrected chi connectivity index (χ4v) is 4.12. The predicted octanol–water partition coefficient (Wildman–Crippen LogP) is 4.79. The van der Waals surface area contributed by atoms with E-state index in [4.69, 9.17) is 4.42 Å². The van der Waals surface area contributed by atoms with E-state index in [1.54, 1.807) is 12.3 Å². The zero-order chi connectivity index (χ0) is 21.6. The summed E-state index contributed by atoms with van der Waals surface area (Å²) >= 11 is 0. The molecular weight excluding hydrogens is 388 g/mol. The normalized spacial score (nSPS) is 16.2. The summed E-state index contributed by atoms with van der Waals surface area (Å²) in [6.07, 6.45) is 4.52. The van der Waals surface area contributed by atoms with Crippen molar-refractivity contribution in [2.75, 3.05) is 13.1 Å². The van der Waals surface area contributed by atoms with Crippen molar-refractivity contribution in [2.24, 2.45) is 0 Å². The van der Waals surface area contributed by atoms with Crippen LogP contribution < -0.4 is 5.32 Å². The summed E-state index contributed by atoms with van der Waals surface area (Å²) in [5, 5.41) is 2.89. The maximum absolute atomic E-state index is 13.0. The third-order valence-electron chi connectivity index (χ3n) is 5.94. The number of carbonyl (C=O) groups excluding carboxylic acids is 2. The molecule has 0 bridgehead atoms. The fourth-order valence-electron chi connectivity index (χ4n) is 4.12. The van der Waals surface area contributed by atoms with Gasteiger partial charge in [-0.1, -0.05) is 31.2 Å². The molecule has 2 heterocycles. The maximum Gasteiger partial charge on any atom is 0.253 e. The minimum absolute atomic E-state index is 0.0831. The lowest BCUT2D eigenvalue weighted by molar-refractivity contribution is 0.0706. The van der Waals surface area contributed by atoms with Crippen LogP contribution in [0.4, 0.5) is 0 Å². The SMILES string of the molecule is CCc1ccc(C(=O)N2CCC[C@H](c3cccc(C(=O)NCc4ccco4)c3)C2)cc1. The summed E-state index contributed by atoms with van der Waals surface area (Å²) < 4.78 is 5.27. The number of carbonyl (C=O) groups is 2. The van der Waals surface area contributed by atoms with Gasteiger partial charge in [0.15, 0.2) is 0 Å². The van der Waals surface area contributed by atoms with E-state index in [0.29, 0.717) is 18.7 Å². The largest absolute Gasteiger partial charge is 0.467 e. The van der Waals surface area contributed by atoms with Gasteiger partial charge in [-0.2, -0.15) is 0 Å². The van der Waals surface area contributed by atoms with Gasteiger partial charge in [-0.15, -0.1) is 0 Å². The Balaban J connectivity index is 1.42. The number of benzene rings is 2. The van der Waals surface area contributed by atoms with E-state index >= 15 is 0 Å². The zero-order valence-corrected chi connectivity index (χ0v) is 17.8. The highest BCUT2D eigenvalue weighted by atomic mass is 16.3. The summed E-state index contributed by atoms with van der Waals surface area (Å²) in [5.41, 5.74) is 3.70. The Bertz CT molecular complexity index is 1030. The van der Waals surface area contributed by atoms with Crippen LogP contribution in [-0.2, 0) is 13.0 Å². The summed E-state index contributed by atoms with van der Waals surface area (Å²) in [4.78, 5) is 27.5. The Morgan fingerprint density at radius 3 is 2.65 bits per heavy atom. The van der Waals surface area contributed by atoms with E-state index in [-0.39, 0.29) is 17.7 Å². The van der Waals surface area contributed by atoms with Gasteiger partial charge in [0.05, 0.1) is 12.8 Å². The Labute approximate surface area is 183 Å². The first-order chi connectivity index (χ1) is 15.1. The average molecular weight is 417 g/mol. The number of amides is 2. The molecule has 1 saturated heterocycles. The van der Waals surface area contributed by atoms with Crippen LogP contribution >= 0.6 is 0 Å². The van der Waals surface area contributed by atoms with Gasteiger partial charge >= 0.3 is 0 Å². The quantitative estimate of drug-likeness (QED) is 0.628. The standard InChI is InChI=1S/C26H28N2O3/c1-2-19-10-12-20(13-11-19)26(30)28-14-4-8-23(18-28)21-6-3-7-22(16-21)25(29)27-17-24-9-5-15-31-24/h3,5-7,9-13,15-16,23H,2,4,8,14,17-18H2,1H3,(H,27,29)/t23-/m0/s1. The number of aryl methyl sites for hydroxylation is 1. The van der Waals surface area contributed by atoms with Crippen LogP contribution in [0.3, 0.4) is 0 Å². The molecule has 0 unspecified atom stereocenters. The van der Waals surface area contributed by atoms with Crippen LogP contribution in [0.1, 0.15) is 63.3 Å². The summed E-state index contributed by atoms with van der Waals surface area (Å²) in [7, 11) is 0. The van der Waals surface area contributed by atoms with Crippen molar-refractivity contribution in [3.63, 3.8) is 0 Å². The Morgan fingerprint density at radius 1 is 1.06 bits per heavy atom. The van der Waals surface area contributed by atoms with Crippen LogP contribution in [0.25, 0.3) is 0 Å². The highest BCUT2D eigenvalue weighted by Gasteiger charge is 2.26. The second-order valence-corrected chi connectivity index (χ2v) is 8.03. The van der Waals surface area contributed by atoms with Gasteiger partial charge in [-0.25, -0.2) is 0 Å². The number of furan rings is 1. The van der Waals surface area contributed by atoms with E-state index in [0.717, 1.165) is 42.7 Å². The summed E-state index contributed by atoms with van der Waals surface area (Å²) in [6, 6.07) is 19.3. The van der Waals surface area contributed by atoms with Gasteiger partial charge < -0.3 is 14.6 Å². The van der Waals surface area contributed by atoms with Crippen molar-refractivity contribution in [3.8, 4) is 0 Å². The third kappa shape index (κ3) is 5.05. The molecule has 0 saturated carbocycles. The molecule has 5 heteroatoms. The number of nitrogens with one attached hydrogen (secondary N) is 1. The van der Waals surface area contributed by atoms with Crippen LogP contribution in [0.2, 0.25) is 0 Å². The predicted molar refractivity (Wildman–Crippen MR) is 120 cm³/mol. The second-order valence-electron chi connectivity index (χ2n) is 8.03. The van der Waals surface area contributed by atoms with E-state index in [2.05, 4.69) is 18.3 Å². The molecule has 0 aliphatic carbocycles. The van der Waals surface area contributed by atoms with Crippen molar-refractivity contribution in [2.45, 2.75) is 38.6 Å². The molecule has 2 amide bonds. The molecule has 0 spiro atoms. The summed E-state index contributed by atoms with van der Waals surface area (Å²) in [5.74, 6) is 0.904. The number of hydrogen-bond acceptors (Lipinski definition) is 3. The Kier molecular flexibility index (Phi) is 6.51. The molecule has 1 aliphatic heterocycles. The van der Waals surface area contributed by atoms with Crippen molar-refractivity contribution >= 4 is 11.8 Å². The zero-order valence-electron chi connectivity index (χ0n) is 17.8. The molecule has 4 rings (SSSR count). The lowest BCUT2D eigenvalue weighted by atomic mass is 9.89. The highest BCUT2D eigenvalue weighted by molar-refractivity contribution is 5.95. The topological polar surface area (TPSA) is 62.6 Å². The van der Waals surface area contributed by atoms with Gasteiger partial charge in [0, 0.05) is 30.1 Å². The van der Waals surface area contributed by atoms with Crippen LogP contribution in [0.15, 0.2) is 71.3 Å². The fraction of sp³-hybridized carbons (Fsp3) is 0.308. The monoisotopic (exact) mass is 416 g/mol. The first-order valence-corrected chi connectivity index (χ1v) is 10.9. The molecule has 1 aromatic heterocycles. The van der Waals surface area contributed by atoms with Gasteiger partial charge in [-0.3, -0.25) is 9.59 Å². The van der Waals surface area contributed by atoms with Crippen LogP contribution in [0, 0.1) is 0 Å². The van der Waals surface area contributed by atoms with Crippen molar-refractivity contribution in [1.82, 2.24) is 10.2 Å². The van der Waals surface area contributed by atoms with Gasteiger partial charge in [0.1, 0.15) is 5.76 Å². The van der Waals surface area contributed by atoms with E-state index in [9.17, 15) is 9.59 Å². The molecular formula is C26H28N2O3. The maximum atomic E-state index is 13.0. The highest BCUT2D eigenvalue weighted by Crippen LogP contribution is 2.28. The minimum Gasteiger partial charge on any atom is -0.467 e. The van der Waals surface area contributed by atoms with E-state index in [1.165, 1.54) is 5.56 Å². The number of hydrogen-bond donors (Lipinski definition) is 1. The van der Waals surface area contributed by atoms with Gasteiger partial charge in [0.2, 0.25) is 0 Å². The molecule has 1 N–H and O–H groups in total. The van der Waals surface area contributed by atoms with Crippen LogP contribution in [0.5, 0.6) is 0 Å². The Hall–Kier alpha value is -3.34. The van der Waals surface area contributed by atoms with E-state index in [1.807, 2.05) is 53.4 Å². The first kappa shape index (κ1) is 20.9. The molecule has 1 aliphatic rings. The van der Waals surface area contributed by atoms with Crippen LogP contribution in [-0.4, -0.2) is 29.8 Å². The molecule has 1 atom stereocenters. The molecule has 31 heavy (non-hydrogen) atoms. The van der Waals surface area contributed by atoms with Gasteiger partial charge in [-0.05, 0) is 66.8 Å². The molecule has 160 valence electrons. The molecule has 5 nitrogen and oxygen atoms in total. The number of piperidine rings is 1. The average Bonchev–Trinajstić information content (AvgIpc) is 3.36. The lowest BCUT2D eigenvalue weighted by Crippen LogP contribution is -2.39. The molecule has 1 fully saturated rings. The lowest BCUT2D eigenvalue weighted by Gasteiger charge is -2.33. The second kappa shape index (κ2) is 9.65. The smallest absolute Gasteiger partial charge is 0.253 e. The van der Waals surface area contributed by atoms with Crippen molar-refractivity contribution in [1.29, 1.82) is 0 Å². The Morgan fingerprint density at radius 2 is 1.90 bits per heavy atom. The molecule has 3 aromatic rings.